The number of halogens is 1. The van der Waals surface area contributed by atoms with Crippen molar-refractivity contribution in [1.82, 2.24) is 15.5 Å². The number of aliphatic imine (C=N–C) groups is 1. The van der Waals surface area contributed by atoms with Gasteiger partial charge in [-0.15, -0.1) is 24.0 Å². The summed E-state index contributed by atoms with van der Waals surface area (Å²) in [7, 11) is 0. The van der Waals surface area contributed by atoms with Crippen molar-refractivity contribution in [3.63, 3.8) is 0 Å². The molecule has 0 aromatic heterocycles. The molecule has 7 heteroatoms. The lowest BCUT2D eigenvalue weighted by molar-refractivity contribution is -0.106. The molecule has 3 aliphatic rings. The van der Waals surface area contributed by atoms with Gasteiger partial charge >= 0.3 is 0 Å². The second-order valence-electron chi connectivity index (χ2n) is 8.42. The van der Waals surface area contributed by atoms with Crippen molar-refractivity contribution < 1.29 is 9.47 Å². The van der Waals surface area contributed by atoms with Crippen LogP contribution < -0.4 is 10.6 Å². The molecule has 0 aromatic rings. The lowest BCUT2D eigenvalue weighted by atomic mass is 9.57. The van der Waals surface area contributed by atoms with E-state index >= 15 is 0 Å². The SMILES string of the molecule is CCNC(=NCC(C)N1CCOCC1C)NC1C2CCOC2C1(C)C.I. The van der Waals surface area contributed by atoms with Crippen molar-refractivity contribution in [1.29, 1.82) is 0 Å². The molecule has 0 bridgehead atoms. The van der Waals surface area contributed by atoms with Gasteiger partial charge in [-0.05, 0) is 27.2 Å². The number of hydrogen-bond donors (Lipinski definition) is 2. The highest BCUT2D eigenvalue weighted by Crippen LogP contribution is 2.52. The molecule has 3 rings (SSSR count). The maximum absolute atomic E-state index is 5.91. The van der Waals surface area contributed by atoms with Crippen LogP contribution in [-0.4, -0.2) is 74.5 Å². The quantitative estimate of drug-likeness (QED) is 0.359. The molecule has 6 nitrogen and oxygen atoms in total. The standard InChI is InChI=1S/C19H36N4O2.HI/c1-6-20-18(21-11-13(2)23-8-10-24-12-14(23)3)22-16-15-7-9-25-17(15)19(16,4)5;/h13-17H,6-12H2,1-5H3,(H2,20,21,22);1H. The number of hydrogen-bond acceptors (Lipinski definition) is 4. The van der Waals surface area contributed by atoms with E-state index in [0.29, 0.717) is 30.1 Å². The van der Waals surface area contributed by atoms with Crippen LogP contribution in [-0.2, 0) is 9.47 Å². The minimum absolute atomic E-state index is 0. The van der Waals surface area contributed by atoms with Crippen LogP contribution in [0.4, 0.5) is 0 Å². The Kier molecular flexibility index (Phi) is 8.00. The topological polar surface area (TPSA) is 58.1 Å². The number of fused-ring (bicyclic) bond motifs is 1. The van der Waals surface area contributed by atoms with E-state index < -0.39 is 0 Å². The first kappa shape index (κ1) is 22.2. The lowest BCUT2D eigenvalue weighted by Crippen LogP contribution is -2.68. The largest absolute Gasteiger partial charge is 0.379 e. The van der Waals surface area contributed by atoms with Crippen molar-refractivity contribution in [3.05, 3.63) is 0 Å². The predicted octanol–water partition coefficient (Wildman–Crippen LogP) is 2.08. The van der Waals surface area contributed by atoms with E-state index in [1.807, 2.05) is 0 Å². The van der Waals surface area contributed by atoms with E-state index in [9.17, 15) is 0 Å². The van der Waals surface area contributed by atoms with Gasteiger partial charge in [-0.25, -0.2) is 0 Å². The molecule has 0 amide bonds. The Labute approximate surface area is 175 Å². The molecule has 0 spiro atoms. The van der Waals surface area contributed by atoms with Crippen LogP contribution in [0.5, 0.6) is 0 Å². The molecule has 0 aromatic carbocycles. The molecule has 5 unspecified atom stereocenters. The summed E-state index contributed by atoms with van der Waals surface area (Å²) in [5.74, 6) is 1.56. The fourth-order valence-corrected chi connectivity index (χ4v) is 4.81. The van der Waals surface area contributed by atoms with Crippen LogP contribution in [0.15, 0.2) is 4.99 Å². The van der Waals surface area contributed by atoms with Gasteiger partial charge in [0.25, 0.3) is 0 Å². The average molecular weight is 480 g/mol. The van der Waals surface area contributed by atoms with Gasteiger partial charge in [-0.3, -0.25) is 9.89 Å². The molecule has 2 aliphatic heterocycles. The maximum Gasteiger partial charge on any atom is 0.191 e. The number of rotatable bonds is 5. The Balaban J connectivity index is 0.00000243. The van der Waals surface area contributed by atoms with Gasteiger partial charge in [0, 0.05) is 49.2 Å². The van der Waals surface area contributed by atoms with E-state index in [1.165, 1.54) is 0 Å². The van der Waals surface area contributed by atoms with E-state index in [2.05, 4.69) is 50.2 Å². The van der Waals surface area contributed by atoms with Crippen LogP contribution in [0.1, 0.15) is 41.0 Å². The van der Waals surface area contributed by atoms with Crippen molar-refractivity contribution >= 4 is 29.9 Å². The summed E-state index contributed by atoms with van der Waals surface area (Å²) >= 11 is 0. The molecular weight excluding hydrogens is 443 g/mol. The van der Waals surface area contributed by atoms with Crippen LogP contribution in [0.25, 0.3) is 0 Å². The maximum atomic E-state index is 5.91. The predicted molar refractivity (Wildman–Crippen MR) is 116 cm³/mol. The zero-order chi connectivity index (χ0) is 18.0. The zero-order valence-corrected chi connectivity index (χ0v) is 19.3. The summed E-state index contributed by atoms with van der Waals surface area (Å²) in [5, 5.41) is 7.13. The Morgan fingerprint density at radius 1 is 1.35 bits per heavy atom. The molecule has 2 N–H and O–H groups in total. The van der Waals surface area contributed by atoms with Gasteiger partial charge in [0.1, 0.15) is 0 Å². The summed E-state index contributed by atoms with van der Waals surface area (Å²) in [4.78, 5) is 7.40. The second kappa shape index (κ2) is 9.39. The Morgan fingerprint density at radius 2 is 2.12 bits per heavy atom. The lowest BCUT2D eigenvalue weighted by Gasteiger charge is -2.55. The molecule has 0 radical (unpaired) electrons. The molecule has 5 atom stereocenters. The molecule has 152 valence electrons. The first-order valence-corrected chi connectivity index (χ1v) is 9.95. The smallest absolute Gasteiger partial charge is 0.191 e. The minimum atomic E-state index is 0. The first-order chi connectivity index (χ1) is 11.9. The molecule has 26 heavy (non-hydrogen) atoms. The Morgan fingerprint density at radius 3 is 2.81 bits per heavy atom. The number of morpholine rings is 1. The molecule has 3 fully saturated rings. The van der Waals surface area contributed by atoms with Gasteiger partial charge in [0.2, 0.25) is 0 Å². The zero-order valence-electron chi connectivity index (χ0n) is 17.0. The average Bonchev–Trinajstić information content (AvgIpc) is 3.04. The summed E-state index contributed by atoms with van der Waals surface area (Å²) < 4.78 is 11.5. The van der Waals surface area contributed by atoms with Crippen LogP contribution in [0.3, 0.4) is 0 Å². The van der Waals surface area contributed by atoms with Crippen molar-refractivity contribution in [2.45, 2.75) is 65.3 Å². The molecule has 1 saturated carbocycles. The van der Waals surface area contributed by atoms with E-state index in [1.54, 1.807) is 0 Å². The highest BCUT2D eigenvalue weighted by Gasteiger charge is 2.59. The van der Waals surface area contributed by atoms with Gasteiger partial charge in [-0.2, -0.15) is 0 Å². The third kappa shape index (κ3) is 4.47. The first-order valence-electron chi connectivity index (χ1n) is 9.95. The highest BCUT2D eigenvalue weighted by molar-refractivity contribution is 14.0. The van der Waals surface area contributed by atoms with E-state index in [0.717, 1.165) is 51.8 Å². The van der Waals surface area contributed by atoms with Crippen LogP contribution in [0.2, 0.25) is 0 Å². The van der Waals surface area contributed by atoms with Gasteiger partial charge in [0.05, 0.1) is 25.9 Å². The summed E-state index contributed by atoms with van der Waals surface area (Å²) in [6.45, 7) is 16.5. The fraction of sp³-hybridized carbons (Fsp3) is 0.947. The summed E-state index contributed by atoms with van der Waals surface area (Å²) in [5.41, 5.74) is 0.168. The molecule has 1 aliphatic carbocycles. The normalized spacial score (nSPS) is 35.0. The van der Waals surface area contributed by atoms with Crippen LogP contribution in [0, 0.1) is 11.3 Å². The van der Waals surface area contributed by atoms with Gasteiger partial charge < -0.3 is 20.1 Å². The van der Waals surface area contributed by atoms with Gasteiger partial charge in [0.15, 0.2) is 5.96 Å². The Bertz CT molecular complexity index is 488. The molecule has 2 saturated heterocycles. The van der Waals surface area contributed by atoms with E-state index in [4.69, 9.17) is 14.5 Å². The van der Waals surface area contributed by atoms with Gasteiger partial charge in [-0.1, -0.05) is 13.8 Å². The van der Waals surface area contributed by atoms with Crippen molar-refractivity contribution in [2.75, 3.05) is 39.5 Å². The van der Waals surface area contributed by atoms with E-state index in [-0.39, 0.29) is 29.4 Å². The monoisotopic (exact) mass is 480 g/mol. The highest BCUT2D eigenvalue weighted by atomic mass is 127. The second-order valence-corrected chi connectivity index (χ2v) is 8.42. The van der Waals surface area contributed by atoms with Crippen molar-refractivity contribution in [2.24, 2.45) is 16.3 Å². The van der Waals surface area contributed by atoms with Crippen LogP contribution >= 0.6 is 24.0 Å². The number of nitrogens with zero attached hydrogens (tertiary/aromatic N) is 2. The Hall–Kier alpha value is -0.120. The minimum Gasteiger partial charge on any atom is -0.379 e. The number of nitrogens with one attached hydrogen (secondary N) is 2. The third-order valence-electron chi connectivity index (χ3n) is 6.24. The molecular formula is C19H37IN4O2. The molecule has 2 heterocycles. The fourth-order valence-electron chi connectivity index (χ4n) is 4.81. The van der Waals surface area contributed by atoms with Crippen molar-refractivity contribution in [3.8, 4) is 0 Å². The third-order valence-corrected chi connectivity index (χ3v) is 6.24. The number of ether oxygens (including phenoxy) is 2. The summed E-state index contributed by atoms with van der Waals surface area (Å²) in [6.07, 6.45) is 1.56. The summed E-state index contributed by atoms with van der Waals surface area (Å²) in [6, 6.07) is 1.33. The number of guanidine groups is 1.